The van der Waals surface area contributed by atoms with Crippen molar-refractivity contribution in [3.63, 3.8) is 0 Å². The molecule has 0 aliphatic carbocycles. The van der Waals surface area contributed by atoms with E-state index >= 15 is 0 Å². The first-order valence-corrected chi connectivity index (χ1v) is 7.50. The van der Waals surface area contributed by atoms with E-state index in [4.69, 9.17) is 10.9 Å². The quantitative estimate of drug-likeness (QED) is 0.573. The molecule has 0 heterocycles. The van der Waals surface area contributed by atoms with Crippen LogP contribution in [0.2, 0.25) is 0 Å². The lowest BCUT2D eigenvalue weighted by Gasteiger charge is -2.23. The van der Waals surface area contributed by atoms with Gasteiger partial charge < -0.3 is 16.4 Å². The molecule has 20 heavy (non-hydrogen) atoms. The topological polar surface area (TPSA) is 127 Å². The van der Waals surface area contributed by atoms with Gasteiger partial charge in [-0.15, -0.1) is 0 Å². The van der Waals surface area contributed by atoms with Crippen molar-refractivity contribution in [3.05, 3.63) is 18.2 Å². The molecule has 1 rings (SSSR count). The first-order valence-electron chi connectivity index (χ1n) is 5.96. The minimum atomic E-state index is -3.82. The van der Waals surface area contributed by atoms with Crippen molar-refractivity contribution in [3.8, 4) is 0 Å². The molecule has 0 aliphatic heterocycles. The van der Waals surface area contributed by atoms with Crippen LogP contribution in [0.15, 0.2) is 23.1 Å². The van der Waals surface area contributed by atoms with Crippen molar-refractivity contribution in [1.29, 1.82) is 0 Å². The molecule has 0 fully saturated rings. The number of amides is 1. The number of anilines is 2. The number of rotatable bonds is 5. The van der Waals surface area contributed by atoms with E-state index in [1.165, 1.54) is 12.1 Å². The number of nitrogen functional groups attached to an aromatic ring is 1. The fourth-order valence-corrected chi connectivity index (χ4v) is 2.22. The molecule has 112 valence electrons. The van der Waals surface area contributed by atoms with Crippen LogP contribution in [-0.2, 0) is 14.8 Å². The van der Waals surface area contributed by atoms with Crippen LogP contribution in [0.25, 0.3) is 0 Å². The highest BCUT2D eigenvalue weighted by atomic mass is 32.2. The zero-order valence-electron chi connectivity index (χ0n) is 11.7. The minimum Gasteiger partial charge on any atom is -0.399 e. The van der Waals surface area contributed by atoms with Crippen molar-refractivity contribution in [2.24, 2.45) is 10.6 Å². The number of benzene rings is 1. The summed E-state index contributed by atoms with van der Waals surface area (Å²) >= 11 is 0. The smallest absolute Gasteiger partial charge is 0.238 e. The summed E-state index contributed by atoms with van der Waals surface area (Å²) in [7, 11) is -2.26. The Labute approximate surface area is 118 Å². The number of hydrogen-bond donors (Lipinski definition) is 4. The number of sulfonamides is 1. The molecule has 0 bridgehead atoms. The van der Waals surface area contributed by atoms with Gasteiger partial charge in [-0.25, -0.2) is 13.6 Å². The van der Waals surface area contributed by atoms with E-state index in [9.17, 15) is 13.2 Å². The predicted octanol–water partition coefficient (Wildman–Crippen LogP) is 0.100. The van der Waals surface area contributed by atoms with Crippen LogP contribution in [0, 0.1) is 5.41 Å². The van der Waals surface area contributed by atoms with Gasteiger partial charge in [0.1, 0.15) is 0 Å². The van der Waals surface area contributed by atoms with Gasteiger partial charge in [0.25, 0.3) is 0 Å². The number of nitrogens with two attached hydrogens (primary N) is 2. The molecule has 8 heteroatoms. The summed E-state index contributed by atoms with van der Waals surface area (Å²) in [5, 5.41) is 10.6. The Morgan fingerprint density at radius 2 is 1.90 bits per heavy atom. The maximum atomic E-state index is 11.7. The third kappa shape index (κ3) is 4.10. The highest BCUT2D eigenvalue weighted by molar-refractivity contribution is 7.89. The minimum absolute atomic E-state index is 0.0715. The zero-order valence-corrected chi connectivity index (χ0v) is 12.5. The summed E-state index contributed by atoms with van der Waals surface area (Å²) in [6.45, 7) is 3.86. The largest absolute Gasteiger partial charge is 0.399 e. The monoisotopic (exact) mass is 300 g/mol. The van der Waals surface area contributed by atoms with E-state index in [1.54, 1.807) is 27.0 Å². The van der Waals surface area contributed by atoms with Crippen LogP contribution in [0.3, 0.4) is 0 Å². The van der Waals surface area contributed by atoms with Gasteiger partial charge in [0, 0.05) is 25.0 Å². The standard InChI is InChI=1S/C12H20N4O3S/c1-12(2,11(17)15-3)7-16-9-4-8(13)5-10(6-9)20(14,18)19/h4-6,16H,7,13H2,1-3H3,(H,15,17)(H2,14,18,19). The van der Waals surface area contributed by atoms with E-state index in [1.807, 2.05) is 0 Å². The molecule has 1 aromatic carbocycles. The first-order chi connectivity index (χ1) is 9.06. The van der Waals surface area contributed by atoms with E-state index in [0.717, 1.165) is 0 Å². The molecular weight excluding hydrogens is 280 g/mol. The summed E-state index contributed by atoms with van der Waals surface area (Å²) < 4.78 is 22.6. The van der Waals surface area contributed by atoms with Gasteiger partial charge in [-0.05, 0) is 32.0 Å². The van der Waals surface area contributed by atoms with E-state index in [2.05, 4.69) is 10.6 Å². The maximum Gasteiger partial charge on any atom is 0.238 e. The maximum absolute atomic E-state index is 11.7. The number of primary sulfonamides is 1. The Morgan fingerprint density at radius 3 is 2.40 bits per heavy atom. The molecule has 0 aromatic heterocycles. The summed E-state index contributed by atoms with van der Waals surface area (Å²) in [5.74, 6) is -0.124. The first kappa shape index (κ1) is 16.3. The second-order valence-corrected chi connectivity index (χ2v) is 6.71. The van der Waals surface area contributed by atoms with Crippen LogP contribution < -0.4 is 21.5 Å². The van der Waals surface area contributed by atoms with Crippen molar-refractivity contribution in [2.75, 3.05) is 24.6 Å². The van der Waals surface area contributed by atoms with E-state index in [0.29, 0.717) is 12.2 Å². The van der Waals surface area contributed by atoms with E-state index in [-0.39, 0.29) is 16.5 Å². The lowest BCUT2D eigenvalue weighted by molar-refractivity contribution is -0.128. The molecule has 1 aromatic rings. The third-order valence-corrected chi connectivity index (χ3v) is 3.73. The molecule has 0 saturated carbocycles. The Morgan fingerprint density at radius 1 is 1.30 bits per heavy atom. The summed E-state index contributed by atoms with van der Waals surface area (Å²) in [6.07, 6.45) is 0. The average Bonchev–Trinajstić information content (AvgIpc) is 2.33. The average molecular weight is 300 g/mol. The van der Waals surface area contributed by atoms with Gasteiger partial charge in [-0.2, -0.15) is 0 Å². The normalized spacial score (nSPS) is 12.0. The van der Waals surface area contributed by atoms with E-state index < -0.39 is 15.4 Å². The Kier molecular flexibility index (Phi) is 4.61. The predicted molar refractivity (Wildman–Crippen MR) is 78.6 cm³/mol. The van der Waals surface area contributed by atoms with Gasteiger partial charge >= 0.3 is 0 Å². The molecule has 0 aliphatic rings. The number of carbonyl (C=O) groups excluding carboxylic acids is 1. The van der Waals surface area contributed by atoms with Gasteiger partial charge in [0.05, 0.1) is 10.3 Å². The molecule has 1 amide bonds. The molecule has 0 unspecified atom stereocenters. The zero-order chi connectivity index (χ0) is 15.6. The van der Waals surface area contributed by atoms with Crippen LogP contribution in [-0.4, -0.2) is 27.9 Å². The number of carbonyl (C=O) groups is 1. The van der Waals surface area contributed by atoms with Crippen LogP contribution in [0.1, 0.15) is 13.8 Å². The van der Waals surface area contributed by atoms with Crippen molar-refractivity contribution in [2.45, 2.75) is 18.7 Å². The van der Waals surface area contributed by atoms with Crippen molar-refractivity contribution >= 4 is 27.3 Å². The van der Waals surface area contributed by atoms with Crippen LogP contribution >= 0.6 is 0 Å². The van der Waals surface area contributed by atoms with Crippen LogP contribution in [0.5, 0.6) is 0 Å². The Bertz CT molecular complexity index is 611. The molecular formula is C12H20N4O3S. The second-order valence-electron chi connectivity index (χ2n) is 5.15. The second kappa shape index (κ2) is 5.68. The molecule has 6 N–H and O–H groups in total. The third-order valence-electron chi connectivity index (χ3n) is 2.83. The highest BCUT2D eigenvalue weighted by Gasteiger charge is 2.26. The van der Waals surface area contributed by atoms with Gasteiger partial charge in [-0.1, -0.05) is 0 Å². The molecule has 7 nitrogen and oxygen atoms in total. The number of hydrogen-bond acceptors (Lipinski definition) is 5. The summed E-state index contributed by atoms with van der Waals surface area (Å²) in [6, 6.07) is 4.24. The van der Waals surface area contributed by atoms with Gasteiger partial charge in [0.15, 0.2) is 0 Å². The fraction of sp³-hybridized carbons (Fsp3) is 0.417. The summed E-state index contributed by atoms with van der Waals surface area (Å²) in [4.78, 5) is 11.6. The fourth-order valence-electron chi connectivity index (χ4n) is 1.63. The van der Waals surface area contributed by atoms with Crippen LogP contribution in [0.4, 0.5) is 11.4 Å². The lowest BCUT2D eigenvalue weighted by Crippen LogP contribution is -2.39. The SMILES string of the molecule is CNC(=O)C(C)(C)CNc1cc(N)cc(S(N)(=O)=O)c1. The molecule has 0 spiro atoms. The number of nitrogens with one attached hydrogen (secondary N) is 2. The summed E-state index contributed by atoms with van der Waals surface area (Å²) in [5.41, 5.74) is 5.76. The van der Waals surface area contributed by atoms with Gasteiger partial charge in [-0.3, -0.25) is 4.79 Å². The lowest BCUT2D eigenvalue weighted by atomic mass is 9.92. The molecule has 0 atom stereocenters. The van der Waals surface area contributed by atoms with Crippen molar-refractivity contribution < 1.29 is 13.2 Å². The molecule has 0 radical (unpaired) electrons. The van der Waals surface area contributed by atoms with Crippen molar-refractivity contribution in [1.82, 2.24) is 5.32 Å². The Balaban J connectivity index is 2.95. The molecule has 0 saturated heterocycles. The Hall–Kier alpha value is -1.80. The van der Waals surface area contributed by atoms with Gasteiger partial charge in [0.2, 0.25) is 15.9 Å². The highest BCUT2D eigenvalue weighted by Crippen LogP contribution is 2.22.